The van der Waals surface area contributed by atoms with E-state index in [4.69, 9.17) is 5.11 Å². The predicted octanol–water partition coefficient (Wildman–Crippen LogP) is 0.983. The van der Waals surface area contributed by atoms with Crippen molar-refractivity contribution in [2.45, 2.75) is 13.5 Å². The summed E-state index contributed by atoms with van der Waals surface area (Å²) in [4.78, 5) is 4.10. The van der Waals surface area contributed by atoms with Crippen LogP contribution >= 0.6 is 15.9 Å². The molecule has 0 radical (unpaired) electrons. The Morgan fingerprint density at radius 3 is 2.50 bits per heavy atom. The third kappa shape index (κ3) is 1.09. The summed E-state index contributed by atoms with van der Waals surface area (Å²) < 4.78 is 2.58. The van der Waals surface area contributed by atoms with E-state index in [0.717, 1.165) is 16.1 Å². The standard InChI is InChI=1S/C6H9BrN2O/c1-4-8-6(7)5(3-10)9(4)2/h10H,3H2,1-2H3. The lowest BCUT2D eigenvalue weighted by Gasteiger charge is -1.97. The van der Waals surface area contributed by atoms with Crippen molar-refractivity contribution in [2.24, 2.45) is 7.05 Å². The second-order valence-corrected chi connectivity index (χ2v) is 2.86. The van der Waals surface area contributed by atoms with E-state index in [1.165, 1.54) is 0 Å². The SMILES string of the molecule is Cc1nc(Br)c(CO)n1C. The second kappa shape index (κ2) is 2.72. The van der Waals surface area contributed by atoms with Crippen LogP contribution in [0.3, 0.4) is 0 Å². The number of aliphatic hydroxyl groups excluding tert-OH is 1. The van der Waals surface area contributed by atoms with Gasteiger partial charge in [-0.1, -0.05) is 0 Å². The van der Waals surface area contributed by atoms with Gasteiger partial charge in [0.15, 0.2) is 0 Å². The maximum absolute atomic E-state index is 8.82. The fourth-order valence-corrected chi connectivity index (χ4v) is 1.43. The van der Waals surface area contributed by atoms with Gasteiger partial charge in [-0.2, -0.15) is 0 Å². The van der Waals surface area contributed by atoms with Crippen LogP contribution in [0.1, 0.15) is 11.5 Å². The number of hydrogen-bond acceptors (Lipinski definition) is 2. The molecular weight excluding hydrogens is 196 g/mol. The van der Waals surface area contributed by atoms with Gasteiger partial charge in [0.1, 0.15) is 10.4 Å². The summed E-state index contributed by atoms with van der Waals surface area (Å²) in [6.07, 6.45) is 0. The number of rotatable bonds is 1. The minimum Gasteiger partial charge on any atom is -0.390 e. The Bertz CT molecular complexity index is 244. The van der Waals surface area contributed by atoms with E-state index in [9.17, 15) is 0 Å². The minimum absolute atomic E-state index is 0.0257. The third-order valence-electron chi connectivity index (χ3n) is 1.54. The van der Waals surface area contributed by atoms with Gasteiger partial charge >= 0.3 is 0 Å². The predicted molar refractivity (Wildman–Crippen MR) is 41.6 cm³/mol. The molecule has 0 unspecified atom stereocenters. The molecule has 1 heterocycles. The van der Waals surface area contributed by atoms with Crippen molar-refractivity contribution in [3.8, 4) is 0 Å². The van der Waals surface area contributed by atoms with E-state index in [1.807, 2.05) is 18.5 Å². The molecule has 1 aromatic rings. The zero-order chi connectivity index (χ0) is 7.72. The largest absolute Gasteiger partial charge is 0.390 e. The Hall–Kier alpha value is -0.350. The number of nitrogens with zero attached hydrogens (tertiary/aromatic N) is 2. The maximum atomic E-state index is 8.82. The molecule has 0 saturated carbocycles. The van der Waals surface area contributed by atoms with Crippen molar-refractivity contribution < 1.29 is 5.11 Å². The maximum Gasteiger partial charge on any atom is 0.130 e. The number of aryl methyl sites for hydroxylation is 1. The summed E-state index contributed by atoms with van der Waals surface area (Å²) in [5, 5.41) is 8.82. The van der Waals surface area contributed by atoms with Crippen LogP contribution in [0, 0.1) is 6.92 Å². The zero-order valence-corrected chi connectivity index (χ0v) is 7.51. The summed E-state index contributed by atoms with van der Waals surface area (Å²) in [5.41, 5.74) is 0.817. The normalized spacial score (nSPS) is 10.4. The van der Waals surface area contributed by atoms with Crippen LogP contribution in [0.5, 0.6) is 0 Å². The van der Waals surface area contributed by atoms with Crippen molar-refractivity contribution in [3.63, 3.8) is 0 Å². The second-order valence-electron chi connectivity index (χ2n) is 2.11. The Morgan fingerprint density at radius 2 is 2.30 bits per heavy atom. The summed E-state index contributed by atoms with van der Waals surface area (Å²) in [6, 6.07) is 0. The molecule has 4 heteroatoms. The fraction of sp³-hybridized carbons (Fsp3) is 0.500. The van der Waals surface area contributed by atoms with Crippen LogP contribution in [0.15, 0.2) is 4.60 Å². The monoisotopic (exact) mass is 204 g/mol. The zero-order valence-electron chi connectivity index (χ0n) is 5.93. The molecule has 1 rings (SSSR count). The van der Waals surface area contributed by atoms with E-state index < -0.39 is 0 Å². The summed E-state index contributed by atoms with van der Waals surface area (Å²) in [6.45, 7) is 1.92. The van der Waals surface area contributed by atoms with E-state index >= 15 is 0 Å². The van der Waals surface area contributed by atoms with Crippen molar-refractivity contribution in [3.05, 3.63) is 16.1 Å². The Kier molecular flexibility index (Phi) is 2.11. The van der Waals surface area contributed by atoms with Crippen molar-refractivity contribution in [1.29, 1.82) is 0 Å². The number of aliphatic hydroxyl groups is 1. The van der Waals surface area contributed by atoms with Gasteiger partial charge in [0.2, 0.25) is 0 Å². The van der Waals surface area contributed by atoms with Crippen LogP contribution < -0.4 is 0 Å². The Labute approximate surface area is 67.8 Å². The molecular formula is C6H9BrN2O. The van der Waals surface area contributed by atoms with Gasteiger partial charge in [0.25, 0.3) is 0 Å². The highest BCUT2D eigenvalue weighted by atomic mass is 79.9. The number of imidazole rings is 1. The fourth-order valence-electron chi connectivity index (χ4n) is 0.787. The summed E-state index contributed by atoms with van der Waals surface area (Å²) >= 11 is 3.24. The molecule has 0 fully saturated rings. The summed E-state index contributed by atoms with van der Waals surface area (Å²) in [5.74, 6) is 0.899. The van der Waals surface area contributed by atoms with Gasteiger partial charge in [0, 0.05) is 7.05 Å². The number of hydrogen-bond donors (Lipinski definition) is 1. The first-order valence-electron chi connectivity index (χ1n) is 2.95. The highest BCUT2D eigenvalue weighted by molar-refractivity contribution is 9.10. The smallest absolute Gasteiger partial charge is 0.130 e. The van der Waals surface area contributed by atoms with E-state index in [0.29, 0.717) is 0 Å². The average Bonchev–Trinajstić information content (AvgIpc) is 2.09. The Morgan fingerprint density at radius 1 is 1.70 bits per heavy atom. The van der Waals surface area contributed by atoms with Gasteiger partial charge in [-0.25, -0.2) is 4.98 Å². The summed E-state index contributed by atoms with van der Waals surface area (Å²) in [7, 11) is 1.87. The molecule has 0 saturated heterocycles. The van der Waals surface area contributed by atoms with Crippen molar-refractivity contribution in [2.75, 3.05) is 0 Å². The van der Waals surface area contributed by atoms with Crippen LogP contribution in [-0.4, -0.2) is 14.7 Å². The molecule has 1 aromatic heterocycles. The molecule has 0 spiro atoms. The molecule has 0 aliphatic rings. The molecule has 1 N–H and O–H groups in total. The number of halogens is 1. The van der Waals surface area contributed by atoms with Gasteiger partial charge in [-0.15, -0.1) is 0 Å². The first-order chi connectivity index (χ1) is 4.66. The average molecular weight is 205 g/mol. The first kappa shape index (κ1) is 7.75. The van der Waals surface area contributed by atoms with Crippen LogP contribution in [0.25, 0.3) is 0 Å². The quantitative estimate of drug-likeness (QED) is 0.742. The lowest BCUT2D eigenvalue weighted by Crippen LogP contribution is -1.97. The van der Waals surface area contributed by atoms with Gasteiger partial charge in [-0.3, -0.25) is 0 Å². The molecule has 3 nitrogen and oxygen atoms in total. The molecule has 56 valence electrons. The van der Waals surface area contributed by atoms with Crippen LogP contribution in [0.4, 0.5) is 0 Å². The van der Waals surface area contributed by atoms with Crippen LogP contribution in [0.2, 0.25) is 0 Å². The van der Waals surface area contributed by atoms with Crippen LogP contribution in [-0.2, 0) is 13.7 Å². The lowest BCUT2D eigenvalue weighted by molar-refractivity contribution is 0.271. The topological polar surface area (TPSA) is 38.1 Å². The Balaban J connectivity index is 3.20. The lowest BCUT2D eigenvalue weighted by atomic mass is 10.5. The van der Waals surface area contributed by atoms with Gasteiger partial charge in [-0.05, 0) is 22.9 Å². The molecule has 0 aromatic carbocycles. The van der Waals surface area contributed by atoms with Crippen molar-refractivity contribution in [1.82, 2.24) is 9.55 Å². The van der Waals surface area contributed by atoms with Gasteiger partial charge < -0.3 is 9.67 Å². The first-order valence-corrected chi connectivity index (χ1v) is 3.74. The van der Waals surface area contributed by atoms with E-state index in [-0.39, 0.29) is 6.61 Å². The van der Waals surface area contributed by atoms with E-state index in [1.54, 1.807) is 0 Å². The highest BCUT2D eigenvalue weighted by Gasteiger charge is 2.06. The molecule has 0 bridgehead atoms. The molecule has 0 amide bonds. The van der Waals surface area contributed by atoms with E-state index in [2.05, 4.69) is 20.9 Å². The molecule has 0 atom stereocenters. The highest BCUT2D eigenvalue weighted by Crippen LogP contribution is 2.15. The minimum atomic E-state index is 0.0257. The third-order valence-corrected chi connectivity index (χ3v) is 2.17. The molecule has 0 aliphatic carbocycles. The number of aromatic nitrogens is 2. The molecule has 0 aliphatic heterocycles. The van der Waals surface area contributed by atoms with Crippen molar-refractivity contribution >= 4 is 15.9 Å². The molecule has 10 heavy (non-hydrogen) atoms. The van der Waals surface area contributed by atoms with Gasteiger partial charge in [0.05, 0.1) is 12.3 Å².